The zero-order valence-corrected chi connectivity index (χ0v) is 12.3. The largest absolute Gasteiger partial charge is 0.492 e. The molecular formula is C17H19N3O. The van der Waals surface area contributed by atoms with Crippen LogP contribution in [0.4, 0.5) is 0 Å². The zero-order valence-electron chi connectivity index (χ0n) is 12.3. The van der Waals surface area contributed by atoms with E-state index in [1.807, 2.05) is 32.3 Å². The number of hydrogen-bond donors (Lipinski definition) is 1. The van der Waals surface area contributed by atoms with Crippen molar-refractivity contribution in [1.82, 2.24) is 14.9 Å². The monoisotopic (exact) mass is 281 g/mol. The minimum absolute atomic E-state index is 0.685. The highest BCUT2D eigenvalue weighted by Crippen LogP contribution is 2.26. The third-order valence-electron chi connectivity index (χ3n) is 3.34. The quantitative estimate of drug-likeness (QED) is 0.781. The second-order valence-electron chi connectivity index (χ2n) is 5.30. The van der Waals surface area contributed by atoms with Gasteiger partial charge in [0.25, 0.3) is 0 Å². The first-order valence-electron chi connectivity index (χ1n) is 7.04. The summed E-state index contributed by atoms with van der Waals surface area (Å²) in [6, 6.07) is 14.2. The molecule has 0 unspecified atom stereocenters. The molecule has 2 aromatic heterocycles. The lowest BCUT2D eigenvalue weighted by atomic mass is 10.1. The highest BCUT2D eigenvalue weighted by molar-refractivity contribution is 5.83. The normalized spacial score (nSPS) is 11.2. The Morgan fingerprint density at radius 2 is 2.05 bits per heavy atom. The van der Waals surface area contributed by atoms with Crippen LogP contribution >= 0.6 is 0 Å². The van der Waals surface area contributed by atoms with Crippen LogP contribution in [0.5, 0.6) is 5.75 Å². The van der Waals surface area contributed by atoms with E-state index in [1.54, 1.807) is 6.20 Å². The van der Waals surface area contributed by atoms with Gasteiger partial charge >= 0.3 is 0 Å². The SMILES string of the molecule is CN(C)CCOc1cccc(-c2cc3cccnc3[nH]2)c1. The van der Waals surface area contributed by atoms with Crippen LogP contribution < -0.4 is 4.74 Å². The van der Waals surface area contributed by atoms with E-state index in [0.29, 0.717) is 6.61 Å². The summed E-state index contributed by atoms with van der Waals surface area (Å²) in [5.41, 5.74) is 3.07. The van der Waals surface area contributed by atoms with Gasteiger partial charge in [0.15, 0.2) is 0 Å². The number of ether oxygens (including phenoxy) is 1. The van der Waals surface area contributed by atoms with Crippen molar-refractivity contribution in [2.45, 2.75) is 0 Å². The number of likely N-dealkylation sites (N-methyl/N-ethyl adjacent to an activating group) is 1. The van der Waals surface area contributed by atoms with E-state index in [4.69, 9.17) is 4.74 Å². The molecule has 4 nitrogen and oxygen atoms in total. The molecule has 3 aromatic rings. The van der Waals surface area contributed by atoms with E-state index in [-0.39, 0.29) is 0 Å². The molecule has 2 heterocycles. The molecule has 0 saturated heterocycles. The Morgan fingerprint density at radius 1 is 1.14 bits per heavy atom. The number of fused-ring (bicyclic) bond motifs is 1. The number of aromatic amines is 1. The smallest absolute Gasteiger partial charge is 0.137 e. The lowest BCUT2D eigenvalue weighted by molar-refractivity contribution is 0.261. The molecule has 0 aliphatic carbocycles. The molecule has 21 heavy (non-hydrogen) atoms. The van der Waals surface area contributed by atoms with E-state index in [0.717, 1.165) is 34.6 Å². The van der Waals surface area contributed by atoms with E-state index in [9.17, 15) is 0 Å². The molecule has 0 spiro atoms. The lowest BCUT2D eigenvalue weighted by Crippen LogP contribution is -2.19. The van der Waals surface area contributed by atoms with Crippen molar-refractivity contribution in [3.05, 3.63) is 48.7 Å². The van der Waals surface area contributed by atoms with E-state index in [2.05, 4.69) is 39.1 Å². The van der Waals surface area contributed by atoms with Crippen LogP contribution in [0.2, 0.25) is 0 Å². The fourth-order valence-corrected chi connectivity index (χ4v) is 2.21. The molecule has 0 saturated carbocycles. The molecule has 1 aromatic carbocycles. The number of aromatic nitrogens is 2. The predicted molar refractivity (Wildman–Crippen MR) is 85.6 cm³/mol. The molecule has 108 valence electrons. The molecule has 0 amide bonds. The van der Waals surface area contributed by atoms with Crippen LogP contribution in [0.25, 0.3) is 22.3 Å². The molecule has 1 N–H and O–H groups in total. The van der Waals surface area contributed by atoms with Gasteiger partial charge in [-0.3, -0.25) is 0 Å². The minimum atomic E-state index is 0.685. The molecule has 0 aliphatic heterocycles. The summed E-state index contributed by atoms with van der Waals surface area (Å²) in [6.45, 7) is 1.59. The van der Waals surface area contributed by atoms with Crippen LogP contribution in [0.3, 0.4) is 0 Å². The van der Waals surface area contributed by atoms with E-state index in [1.165, 1.54) is 0 Å². The van der Waals surface area contributed by atoms with Crippen molar-refractivity contribution in [2.75, 3.05) is 27.2 Å². The molecule has 0 radical (unpaired) electrons. The summed E-state index contributed by atoms with van der Waals surface area (Å²) in [4.78, 5) is 9.77. The molecule has 4 heteroatoms. The summed E-state index contributed by atoms with van der Waals surface area (Å²) in [7, 11) is 4.08. The Kier molecular flexibility index (Phi) is 3.88. The van der Waals surface area contributed by atoms with Crippen LogP contribution in [-0.2, 0) is 0 Å². The zero-order chi connectivity index (χ0) is 14.7. The summed E-state index contributed by atoms with van der Waals surface area (Å²) >= 11 is 0. The van der Waals surface area contributed by atoms with Gasteiger partial charge in [-0.25, -0.2) is 4.98 Å². The third-order valence-corrected chi connectivity index (χ3v) is 3.34. The van der Waals surface area contributed by atoms with Gasteiger partial charge in [-0.1, -0.05) is 12.1 Å². The summed E-state index contributed by atoms with van der Waals surface area (Å²) in [5, 5.41) is 1.12. The molecule has 3 rings (SSSR count). The fourth-order valence-electron chi connectivity index (χ4n) is 2.21. The molecule has 0 atom stereocenters. The first-order valence-corrected chi connectivity index (χ1v) is 7.04. The number of nitrogens with zero attached hydrogens (tertiary/aromatic N) is 2. The van der Waals surface area contributed by atoms with Crippen LogP contribution in [0, 0.1) is 0 Å². The highest BCUT2D eigenvalue weighted by Gasteiger charge is 2.05. The lowest BCUT2D eigenvalue weighted by Gasteiger charge is -2.11. The second kappa shape index (κ2) is 5.97. The number of benzene rings is 1. The summed E-state index contributed by atoms with van der Waals surface area (Å²) in [5.74, 6) is 0.890. The van der Waals surface area contributed by atoms with E-state index >= 15 is 0 Å². The van der Waals surface area contributed by atoms with Gasteiger partial charge in [-0.15, -0.1) is 0 Å². The molecule has 0 fully saturated rings. The highest BCUT2D eigenvalue weighted by atomic mass is 16.5. The Labute approximate surface area is 124 Å². The Hall–Kier alpha value is -2.33. The van der Waals surface area contributed by atoms with Crippen molar-refractivity contribution in [2.24, 2.45) is 0 Å². The number of hydrogen-bond acceptors (Lipinski definition) is 3. The third kappa shape index (κ3) is 3.23. The van der Waals surface area contributed by atoms with Gasteiger partial charge < -0.3 is 14.6 Å². The number of nitrogens with one attached hydrogen (secondary N) is 1. The Morgan fingerprint density at radius 3 is 2.86 bits per heavy atom. The van der Waals surface area contributed by atoms with Gasteiger partial charge in [0.2, 0.25) is 0 Å². The first-order chi connectivity index (χ1) is 10.2. The Bertz CT molecular complexity index is 700. The number of pyridine rings is 1. The number of H-pyrrole nitrogens is 1. The van der Waals surface area contributed by atoms with Gasteiger partial charge in [0, 0.05) is 29.4 Å². The minimum Gasteiger partial charge on any atom is -0.492 e. The Balaban J connectivity index is 1.81. The predicted octanol–water partition coefficient (Wildman–Crippen LogP) is 3.17. The van der Waals surface area contributed by atoms with Crippen LogP contribution in [-0.4, -0.2) is 42.1 Å². The molecular weight excluding hydrogens is 262 g/mol. The standard InChI is InChI=1S/C17H19N3O/c1-20(2)9-10-21-15-7-3-5-13(11-15)16-12-14-6-4-8-18-17(14)19-16/h3-8,11-12H,9-10H2,1-2H3,(H,18,19). The van der Waals surface area contributed by atoms with Gasteiger partial charge in [0.05, 0.1) is 0 Å². The molecule has 0 bridgehead atoms. The van der Waals surface area contributed by atoms with Crippen molar-refractivity contribution in [3.63, 3.8) is 0 Å². The number of rotatable bonds is 5. The van der Waals surface area contributed by atoms with Crippen molar-refractivity contribution in [1.29, 1.82) is 0 Å². The van der Waals surface area contributed by atoms with Gasteiger partial charge in [0.1, 0.15) is 18.0 Å². The first kappa shape index (κ1) is 13.6. The maximum absolute atomic E-state index is 5.78. The average molecular weight is 281 g/mol. The van der Waals surface area contributed by atoms with Crippen molar-refractivity contribution in [3.8, 4) is 17.0 Å². The second-order valence-corrected chi connectivity index (χ2v) is 5.30. The van der Waals surface area contributed by atoms with Crippen LogP contribution in [0.15, 0.2) is 48.7 Å². The topological polar surface area (TPSA) is 41.1 Å². The van der Waals surface area contributed by atoms with Gasteiger partial charge in [-0.05, 0) is 44.4 Å². The maximum Gasteiger partial charge on any atom is 0.137 e. The van der Waals surface area contributed by atoms with E-state index < -0.39 is 0 Å². The average Bonchev–Trinajstić information content (AvgIpc) is 2.91. The summed E-state index contributed by atoms with van der Waals surface area (Å²) < 4.78 is 5.78. The van der Waals surface area contributed by atoms with Crippen molar-refractivity contribution >= 4 is 11.0 Å². The van der Waals surface area contributed by atoms with Crippen molar-refractivity contribution < 1.29 is 4.74 Å². The molecule has 0 aliphatic rings. The van der Waals surface area contributed by atoms with Crippen LogP contribution in [0.1, 0.15) is 0 Å². The summed E-state index contributed by atoms with van der Waals surface area (Å²) in [6.07, 6.45) is 1.80. The maximum atomic E-state index is 5.78. The van der Waals surface area contributed by atoms with Gasteiger partial charge in [-0.2, -0.15) is 0 Å². The fraction of sp³-hybridized carbons (Fsp3) is 0.235.